The van der Waals surface area contributed by atoms with Crippen molar-refractivity contribution in [2.24, 2.45) is 23.7 Å². The highest BCUT2D eigenvalue weighted by Crippen LogP contribution is 2.31. The molecule has 1 heterocycles. The third kappa shape index (κ3) is 3.71. The van der Waals surface area contributed by atoms with Crippen LogP contribution in [0.15, 0.2) is 0 Å². The molecule has 0 aromatic carbocycles. The molecule has 1 aliphatic rings. The van der Waals surface area contributed by atoms with Crippen LogP contribution in [0, 0.1) is 23.7 Å². The summed E-state index contributed by atoms with van der Waals surface area (Å²) in [5.41, 5.74) is 0. The minimum Gasteiger partial charge on any atom is -0.381 e. The molecule has 0 aliphatic carbocycles. The van der Waals surface area contributed by atoms with Crippen LogP contribution in [0.4, 0.5) is 0 Å². The van der Waals surface area contributed by atoms with Crippen molar-refractivity contribution in [2.75, 3.05) is 13.7 Å². The van der Waals surface area contributed by atoms with Gasteiger partial charge < -0.3 is 9.64 Å². The topological polar surface area (TPSA) is 29.5 Å². The lowest BCUT2D eigenvalue weighted by Gasteiger charge is -2.34. The lowest BCUT2D eigenvalue weighted by molar-refractivity contribution is -0.143. The maximum absolute atomic E-state index is 12.9. The lowest BCUT2D eigenvalue weighted by atomic mass is 9.88. The summed E-state index contributed by atoms with van der Waals surface area (Å²) in [6.07, 6.45) is 1.12. The van der Waals surface area contributed by atoms with Gasteiger partial charge in [-0.1, -0.05) is 34.6 Å². The Morgan fingerprint density at radius 1 is 1.21 bits per heavy atom. The van der Waals surface area contributed by atoms with Crippen LogP contribution in [0.2, 0.25) is 0 Å². The molecule has 1 fully saturated rings. The summed E-state index contributed by atoms with van der Waals surface area (Å²) in [6, 6.07) is 0.396. The first kappa shape index (κ1) is 16.5. The van der Waals surface area contributed by atoms with Crippen LogP contribution in [0.1, 0.15) is 48.0 Å². The van der Waals surface area contributed by atoms with Crippen LogP contribution in [-0.2, 0) is 9.53 Å². The summed E-state index contributed by atoms with van der Waals surface area (Å²) >= 11 is 0. The van der Waals surface area contributed by atoms with E-state index < -0.39 is 0 Å². The van der Waals surface area contributed by atoms with E-state index in [0.29, 0.717) is 23.8 Å². The molecular formula is C16H31NO2. The standard InChI is InChI=1S/C16H31NO2/c1-10(2)14-8-12(5)9-17(14)16(18)15(11(3)4)13(6)19-7/h10-15H,8-9H2,1-7H3/t12?,13?,14-,15?/m0/s1. The first-order valence-electron chi connectivity index (χ1n) is 7.62. The first-order chi connectivity index (χ1) is 8.79. The van der Waals surface area contributed by atoms with Crippen molar-refractivity contribution < 1.29 is 9.53 Å². The molecule has 3 unspecified atom stereocenters. The Kier molecular flexibility index (Phi) is 5.84. The van der Waals surface area contributed by atoms with Gasteiger partial charge in [-0.3, -0.25) is 4.79 Å². The van der Waals surface area contributed by atoms with Crippen molar-refractivity contribution in [2.45, 2.75) is 60.1 Å². The third-order valence-corrected chi connectivity index (χ3v) is 4.49. The second-order valence-corrected chi connectivity index (χ2v) is 6.85. The number of nitrogens with zero attached hydrogens (tertiary/aromatic N) is 1. The minimum atomic E-state index is -0.0310. The minimum absolute atomic E-state index is 0.0174. The fraction of sp³-hybridized carbons (Fsp3) is 0.938. The average molecular weight is 269 g/mol. The molecule has 0 radical (unpaired) electrons. The van der Waals surface area contributed by atoms with Gasteiger partial charge in [0.2, 0.25) is 5.91 Å². The number of hydrogen-bond donors (Lipinski definition) is 0. The van der Waals surface area contributed by atoms with Gasteiger partial charge in [-0.05, 0) is 31.1 Å². The van der Waals surface area contributed by atoms with Crippen molar-refractivity contribution in [3.05, 3.63) is 0 Å². The first-order valence-corrected chi connectivity index (χ1v) is 7.62. The predicted octanol–water partition coefficient (Wildman–Crippen LogP) is 3.19. The molecule has 19 heavy (non-hydrogen) atoms. The van der Waals surface area contributed by atoms with Crippen LogP contribution in [-0.4, -0.2) is 36.6 Å². The highest BCUT2D eigenvalue weighted by atomic mass is 16.5. The Balaban J connectivity index is 2.89. The molecule has 1 saturated heterocycles. The molecule has 1 rings (SSSR count). The van der Waals surface area contributed by atoms with Crippen molar-refractivity contribution in [3.8, 4) is 0 Å². The number of carbonyl (C=O) groups excluding carboxylic acids is 1. The van der Waals surface area contributed by atoms with Gasteiger partial charge in [0.15, 0.2) is 0 Å². The molecule has 3 heteroatoms. The molecule has 0 saturated carbocycles. The van der Waals surface area contributed by atoms with Gasteiger partial charge >= 0.3 is 0 Å². The zero-order valence-corrected chi connectivity index (χ0v) is 13.6. The van der Waals surface area contributed by atoms with Gasteiger partial charge in [-0.25, -0.2) is 0 Å². The molecule has 1 aliphatic heterocycles. The number of methoxy groups -OCH3 is 1. The number of hydrogen-bond acceptors (Lipinski definition) is 2. The van der Waals surface area contributed by atoms with E-state index in [4.69, 9.17) is 4.74 Å². The average Bonchev–Trinajstić information content (AvgIpc) is 2.70. The maximum atomic E-state index is 12.9. The smallest absolute Gasteiger partial charge is 0.228 e. The van der Waals surface area contributed by atoms with E-state index in [9.17, 15) is 4.79 Å². The predicted molar refractivity (Wildman–Crippen MR) is 78.9 cm³/mol. The normalized spacial score (nSPS) is 27.1. The fourth-order valence-corrected chi connectivity index (χ4v) is 3.34. The molecule has 1 amide bonds. The van der Waals surface area contributed by atoms with E-state index in [2.05, 4.69) is 39.5 Å². The molecular weight excluding hydrogens is 238 g/mol. The number of carbonyl (C=O) groups is 1. The largest absolute Gasteiger partial charge is 0.381 e. The van der Waals surface area contributed by atoms with Crippen LogP contribution in [0.25, 0.3) is 0 Å². The summed E-state index contributed by atoms with van der Waals surface area (Å²) in [5.74, 6) is 1.71. The van der Waals surface area contributed by atoms with E-state index in [-0.39, 0.29) is 17.9 Å². The van der Waals surface area contributed by atoms with E-state index >= 15 is 0 Å². The Morgan fingerprint density at radius 3 is 2.21 bits per heavy atom. The maximum Gasteiger partial charge on any atom is 0.228 e. The van der Waals surface area contributed by atoms with Crippen LogP contribution in [0.3, 0.4) is 0 Å². The monoisotopic (exact) mass is 269 g/mol. The number of amides is 1. The Morgan fingerprint density at radius 2 is 1.79 bits per heavy atom. The van der Waals surface area contributed by atoms with Crippen LogP contribution < -0.4 is 0 Å². The fourth-order valence-electron chi connectivity index (χ4n) is 3.34. The quantitative estimate of drug-likeness (QED) is 0.767. The molecule has 0 aromatic rings. The highest BCUT2D eigenvalue weighted by Gasteiger charge is 2.40. The molecule has 0 aromatic heterocycles. The molecule has 4 atom stereocenters. The number of rotatable bonds is 5. The van der Waals surface area contributed by atoms with Crippen LogP contribution >= 0.6 is 0 Å². The van der Waals surface area contributed by atoms with Crippen molar-refractivity contribution in [1.82, 2.24) is 4.90 Å². The van der Waals surface area contributed by atoms with E-state index in [1.807, 2.05) is 6.92 Å². The second kappa shape index (κ2) is 6.74. The van der Waals surface area contributed by atoms with Crippen molar-refractivity contribution >= 4 is 5.91 Å². The molecule has 0 spiro atoms. The highest BCUT2D eigenvalue weighted by molar-refractivity contribution is 5.80. The van der Waals surface area contributed by atoms with Crippen LogP contribution in [0.5, 0.6) is 0 Å². The second-order valence-electron chi connectivity index (χ2n) is 6.85. The summed E-state index contributed by atoms with van der Waals surface area (Å²) in [5, 5.41) is 0. The summed E-state index contributed by atoms with van der Waals surface area (Å²) in [4.78, 5) is 15.0. The zero-order valence-electron chi connectivity index (χ0n) is 13.6. The Labute approximate surface area is 118 Å². The number of ether oxygens (including phenoxy) is 1. The SMILES string of the molecule is COC(C)C(C(=O)N1CC(C)C[C@H]1C(C)C)C(C)C. The molecule has 0 bridgehead atoms. The summed E-state index contributed by atoms with van der Waals surface area (Å²) in [6.45, 7) is 13.8. The molecule has 0 N–H and O–H groups in total. The van der Waals surface area contributed by atoms with Gasteiger partial charge in [-0.15, -0.1) is 0 Å². The van der Waals surface area contributed by atoms with Gasteiger partial charge in [0.1, 0.15) is 0 Å². The Hall–Kier alpha value is -0.570. The molecule has 3 nitrogen and oxygen atoms in total. The van der Waals surface area contributed by atoms with E-state index in [1.54, 1.807) is 7.11 Å². The van der Waals surface area contributed by atoms with E-state index in [1.165, 1.54) is 0 Å². The van der Waals surface area contributed by atoms with E-state index in [0.717, 1.165) is 13.0 Å². The van der Waals surface area contributed by atoms with Gasteiger partial charge in [0, 0.05) is 19.7 Å². The van der Waals surface area contributed by atoms with Crippen molar-refractivity contribution in [3.63, 3.8) is 0 Å². The van der Waals surface area contributed by atoms with Gasteiger partial charge in [-0.2, -0.15) is 0 Å². The Bertz CT molecular complexity index is 301. The number of likely N-dealkylation sites (tertiary alicyclic amines) is 1. The zero-order chi connectivity index (χ0) is 14.7. The lowest BCUT2D eigenvalue weighted by Crippen LogP contribution is -2.46. The molecule has 112 valence electrons. The summed E-state index contributed by atoms with van der Waals surface area (Å²) < 4.78 is 5.43. The van der Waals surface area contributed by atoms with Gasteiger partial charge in [0.05, 0.1) is 12.0 Å². The third-order valence-electron chi connectivity index (χ3n) is 4.49. The summed E-state index contributed by atoms with van der Waals surface area (Å²) in [7, 11) is 1.69. The van der Waals surface area contributed by atoms with Gasteiger partial charge in [0.25, 0.3) is 0 Å². The van der Waals surface area contributed by atoms with Crippen molar-refractivity contribution in [1.29, 1.82) is 0 Å².